The van der Waals surface area contributed by atoms with Gasteiger partial charge in [0.1, 0.15) is 5.82 Å². The van der Waals surface area contributed by atoms with Crippen molar-refractivity contribution in [1.29, 1.82) is 0 Å². The van der Waals surface area contributed by atoms with Crippen LogP contribution in [-0.2, 0) is 18.3 Å². The van der Waals surface area contributed by atoms with Gasteiger partial charge in [-0.25, -0.2) is 4.98 Å². The van der Waals surface area contributed by atoms with Crippen molar-refractivity contribution in [2.45, 2.75) is 50.9 Å². The first-order chi connectivity index (χ1) is 8.61. The first-order valence-corrected chi connectivity index (χ1v) is 6.74. The Morgan fingerprint density at radius 2 is 2.11 bits per heavy atom. The molecule has 98 valence electrons. The molecule has 0 bridgehead atoms. The van der Waals surface area contributed by atoms with Gasteiger partial charge in [-0.2, -0.15) is 5.10 Å². The molecule has 1 aromatic heterocycles. The van der Waals surface area contributed by atoms with E-state index in [0.717, 1.165) is 37.3 Å². The number of aryl methyl sites for hydroxylation is 1. The third kappa shape index (κ3) is 1.91. The van der Waals surface area contributed by atoms with Gasteiger partial charge in [-0.3, -0.25) is 9.48 Å². The van der Waals surface area contributed by atoms with E-state index in [1.807, 2.05) is 7.05 Å². The van der Waals surface area contributed by atoms with Crippen LogP contribution < -0.4 is 0 Å². The second-order valence-corrected chi connectivity index (χ2v) is 5.75. The third-order valence-corrected chi connectivity index (χ3v) is 4.32. The zero-order valence-corrected chi connectivity index (χ0v) is 10.7. The first kappa shape index (κ1) is 11.7. The lowest BCUT2D eigenvalue weighted by Gasteiger charge is -2.22. The van der Waals surface area contributed by atoms with E-state index in [1.54, 1.807) is 4.68 Å². The van der Waals surface area contributed by atoms with Crippen LogP contribution in [-0.4, -0.2) is 25.8 Å². The molecule has 0 spiro atoms. The summed E-state index contributed by atoms with van der Waals surface area (Å²) in [6.45, 7) is 0. The number of nitrogens with zero attached hydrogens (tertiary/aromatic N) is 3. The van der Waals surface area contributed by atoms with Gasteiger partial charge >= 0.3 is 5.97 Å². The van der Waals surface area contributed by atoms with E-state index in [2.05, 4.69) is 10.1 Å². The van der Waals surface area contributed by atoms with E-state index in [9.17, 15) is 9.90 Å². The fraction of sp³-hybridized carbons (Fsp3) is 0.769. The van der Waals surface area contributed by atoms with E-state index >= 15 is 0 Å². The molecule has 0 aromatic carbocycles. The van der Waals surface area contributed by atoms with Crippen LogP contribution in [0.15, 0.2) is 0 Å². The average Bonchev–Trinajstić information content (AvgIpc) is 2.96. The summed E-state index contributed by atoms with van der Waals surface area (Å²) in [5.74, 6) is 1.59. The van der Waals surface area contributed by atoms with Crippen LogP contribution in [0.3, 0.4) is 0 Å². The largest absolute Gasteiger partial charge is 0.481 e. The fourth-order valence-corrected chi connectivity index (χ4v) is 2.93. The van der Waals surface area contributed by atoms with E-state index in [-0.39, 0.29) is 0 Å². The minimum Gasteiger partial charge on any atom is -0.481 e. The van der Waals surface area contributed by atoms with Crippen molar-refractivity contribution in [2.24, 2.45) is 12.5 Å². The van der Waals surface area contributed by atoms with Crippen LogP contribution in [0.1, 0.15) is 56.1 Å². The highest BCUT2D eigenvalue weighted by atomic mass is 16.4. The normalized spacial score (nSPS) is 22.3. The Morgan fingerprint density at radius 3 is 2.67 bits per heavy atom. The Morgan fingerprint density at radius 1 is 1.44 bits per heavy atom. The Kier molecular flexibility index (Phi) is 2.64. The number of carbonyl (C=O) groups is 1. The molecule has 0 unspecified atom stereocenters. The molecule has 2 aliphatic rings. The van der Waals surface area contributed by atoms with Gasteiger partial charge in [0.25, 0.3) is 0 Å². The van der Waals surface area contributed by atoms with Crippen molar-refractivity contribution < 1.29 is 9.90 Å². The number of aliphatic carboxylic acids is 1. The molecule has 5 heteroatoms. The molecule has 2 fully saturated rings. The quantitative estimate of drug-likeness (QED) is 0.884. The minimum atomic E-state index is -0.670. The number of rotatable bonds is 4. The van der Waals surface area contributed by atoms with Crippen molar-refractivity contribution in [2.75, 3.05) is 0 Å². The molecule has 0 atom stereocenters. The smallest absolute Gasteiger partial charge is 0.310 e. The summed E-state index contributed by atoms with van der Waals surface area (Å²) in [6.07, 6.45) is 6.45. The molecule has 0 amide bonds. The van der Waals surface area contributed by atoms with Gasteiger partial charge in [0.05, 0.1) is 5.41 Å². The highest BCUT2D eigenvalue weighted by Crippen LogP contribution is 2.42. The standard InChI is InChI=1S/C13H19N3O2/c1-16-10(14-11(15-16)9-4-5-9)8-13(12(17)18)6-2-3-7-13/h9H,2-8H2,1H3,(H,17,18). The topological polar surface area (TPSA) is 68.0 Å². The van der Waals surface area contributed by atoms with Crippen molar-refractivity contribution in [1.82, 2.24) is 14.8 Å². The summed E-state index contributed by atoms with van der Waals surface area (Å²) in [5, 5.41) is 13.9. The molecule has 0 aliphatic heterocycles. The van der Waals surface area contributed by atoms with E-state index < -0.39 is 11.4 Å². The number of aromatic nitrogens is 3. The van der Waals surface area contributed by atoms with Gasteiger partial charge < -0.3 is 5.11 Å². The van der Waals surface area contributed by atoms with Gasteiger partial charge in [-0.05, 0) is 25.7 Å². The zero-order valence-electron chi connectivity index (χ0n) is 10.7. The summed E-state index contributed by atoms with van der Waals surface area (Å²) < 4.78 is 1.77. The monoisotopic (exact) mass is 249 g/mol. The first-order valence-electron chi connectivity index (χ1n) is 6.74. The minimum absolute atomic E-state index is 0.523. The van der Waals surface area contributed by atoms with Crippen LogP contribution in [0, 0.1) is 5.41 Å². The van der Waals surface area contributed by atoms with E-state index in [1.165, 1.54) is 12.8 Å². The van der Waals surface area contributed by atoms with Gasteiger partial charge in [-0.15, -0.1) is 0 Å². The summed E-state index contributed by atoms with van der Waals surface area (Å²) in [7, 11) is 1.87. The van der Waals surface area contributed by atoms with Crippen LogP contribution in [0.2, 0.25) is 0 Å². The third-order valence-electron chi connectivity index (χ3n) is 4.32. The molecule has 18 heavy (non-hydrogen) atoms. The lowest BCUT2D eigenvalue weighted by molar-refractivity contribution is -0.148. The molecular weight excluding hydrogens is 230 g/mol. The maximum absolute atomic E-state index is 11.5. The lowest BCUT2D eigenvalue weighted by Crippen LogP contribution is -2.31. The Hall–Kier alpha value is -1.39. The van der Waals surface area contributed by atoms with Gasteiger partial charge in [-0.1, -0.05) is 12.8 Å². The predicted molar refractivity (Wildman–Crippen MR) is 65.2 cm³/mol. The van der Waals surface area contributed by atoms with E-state index in [0.29, 0.717) is 12.3 Å². The maximum Gasteiger partial charge on any atom is 0.310 e. The SMILES string of the molecule is Cn1nc(C2CC2)nc1CC1(C(=O)O)CCCC1. The predicted octanol–water partition coefficient (Wildman–Crippen LogP) is 1.88. The van der Waals surface area contributed by atoms with Crippen molar-refractivity contribution in [3.63, 3.8) is 0 Å². The van der Waals surface area contributed by atoms with Crippen LogP contribution in [0.5, 0.6) is 0 Å². The number of carboxylic acid groups (broad SMARTS) is 1. The molecular formula is C13H19N3O2. The average molecular weight is 249 g/mol. The van der Waals surface area contributed by atoms with Crippen LogP contribution >= 0.6 is 0 Å². The Labute approximate surface area is 106 Å². The highest BCUT2D eigenvalue weighted by Gasteiger charge is 2.42. The van der Waals surface area contributed by atoms with Crippen molar-refractivity contribution in [3.05, 3.63) is 11.6 Å². The lowest BCUT2D eigenvalue weighted by atomic mass is 9.82. The fourth-order valence-electron chi connectivity index (χ4n) is 2.93. The zero-order chi connectivity index (χ0) is 12.8. The summed E-state index contributed by atoms with van der Waals surface area (Å²) >= 11 is 0. The van der Waals surface area contributed by atoms with Gasteiger partial charge in [0.15, 0.2) is 5.82 Å². The van der Waals surface area contributed by atoms with Gasteiger partial charge in [0.2, 0.25) is 0 Å². The van der Waals surface area contributed by atoms with Crippen LogP contribution in [0.25, 0.3) is 0 Å². The number of hydrogen-bond donors (Lipinski definition) is 1. The van der Waals surface area contributed by atoms with E-state index in [4.69, 9.17) is 0 Å². The summed E-state index contributed by atoms with van der Waals surface area (Å²) in [4.78, 5) is 16.1. The Bertz CT molecular complexity index is 471. The molecule has 2 aliphatic carbocycles. The Balaban J connectivity index is 1.84. The van der Waals surface area contributed by atoms with Crippen molar-refractivity contribution >= 4 is 5.97 Å². The second-order valence-electron chi connectivity index (χ2n) is 5.75. The summed E-state index contributed by atoms with van der Waals surface area (Å²) in [6, 6.07) is 0. The number of hydrogen-bond acceptors (Lipinski definition) is 3. The molecule has 0 saturated heterocycles. The summed E-state index contributed by atoms with van der Waals surface area (Å²) in [5.41, 5.74) is -0.596. The molecule has 0 radical (unpaired) electrons. The molecule has 2 saturated carbocycles. The molecule has 1 heterocycles. The highest BCUT2D eigenvalue weighted by molar-refractivity contribution is 5.75. The van der Waals surface area contributed by atoms with Gasteiger partial charge in [0, 0.05) is 19.4 Å². The number of carboxylic acids is 1. The molecule has 3 rings (SSSR count). The molecule has 1 aromatic rings. The maximum atomic E-state index is 11.5. The van der Waals surface area contributed by atoms with Crippen molar-refractivity contribution in [3.8, 4) is 0 Å². The molecule has 1 N–H and O–H groups in total. The van der Waals surface area contributed by atoms with Crippen LogP contribution in [0.4, 0.5) is 0 Å². The second kappa shape index (κ2) is 4.07. The molecule has 5 nitrogen and oxygen atoms in total.